The van der Waals surface area contributed by atoms with Crippen LogP contribution in [0, 0.1) is 6.92 Å². The number of benzene rings is 2. The Morgan fingerprint density at radius 1 is 1.00 bits per heavy atom. The lowest BCUT2D eigenvalue weighted by molar-refractivity contribution is -0.124. The Hall–Kier alpha value is -2.65. The van der Waals surface area contributed by atoms with E-state index in [2.05, 4.69) is 52.9 Å². The molecular weight excluding hydrogens is 494 g/mol. The number of rotatable bonds is 8. The van der Waals surface area contributed by atoms with E-state index in [4.69, 9.17) is 21.7 Å². The molecule has 0 unspecified atom stereocenters. The number of halogens is 1. The highest BCUT2D eigenvalue weighted by Crippen LogP contribution is 2.27. The van der Waals surface area contributed by atoms with Crippen LogP contribution in [0.3, 0.4) is 0 Å². The number of thiocarbonyl (C=S) groups is 1. The molecule has 0 aliphatic carbocycles. The molecule has 2 rings (SSSR count). The normalized spacial score (nSPS) is 10.4. The smallest absolute Gasteiger partial charge is 0.276 e. The van der Waals surface area contributed by atoms with E-state index in [1.807, 2.05) is 37.3 Å². The minimum Gasteiger partial charge on any atom is -0.483 e. The highest BCUT2D eigenvalue weighted by atomic mass is 79.9. The number of nitrogens with one attached hydrogen (secondary N) is 3. The number of ether oxygens (including phenoxy) is 2. The predicted octanol–water partition coefficient (Wildman–Crippen LogP) is 3.92. The van der Waals surface area contributed by atoms with E-state index in [0.717, 1.165) is 27.6 Å². The second-order valence-corrected chi connectivity index (χ2v) is 8.70. The molecule has 0 radical (unpaired) electrons. The van der Waals surface area contributed by atoms with Crippen LogP contribution in [0.1, 0.15) is 43.4 Å². The van der Waals surface area contributed by atoms with E-state index in [1.165, 1.54) is 0 Å². The van der Waals surface area contributed by atoms with E-state index in [-0.39, 0.29) is 24.2 Å². The molecule has 2 aromatic carbocycles. The summed E-state index contributed by atoms with van der Waals surface area (Å²) >= 11 is 8.45. The number of aryl methyl sites for hydroxylation is 2. The van der Waals surface area contributed by atoms with Crippen molar-refractivity contribution in [3.63, 3.8) is 0 Å². The van der Waals surface area contributed by atoms with Crippen LogP contribution in [0.5, 0.6) is 11.5 Å². The van der Waals surface area contributed by atoms with Gasteiger partial charge in [-0.05, 0) is 82.3 Å². The molecule has 2 amide bonds. The van der Waals surface area contributed by atoms with Crippen LogP contribution >= 0.6 is 28.1 Å². The van der Waals surface area contributed by atoms with Crippen molar-refractivity contribution in [2.75, 3.05) is 13.2 Å². The van der Waals surface area contributed by atoms with Gasteiger partial charge >= 0.3 is 0 Å². The van der Waals surface area contributed by atoms with Gasteiger partial charge in [-0.3, -0.25) is 25.8 Å². The van der Waals surface area contributed by atoms with Crippen LogP contribution in [0.25, 0.3) is 0 Å². The first-order valence-electron chi connectivity index (χ1n) is 10.2. The maximum atomic E-state index is 12.1. The van der Waals surface area contributed by atoms with Gasteiger partial charge in [0.15, 0.2) is 18.3 Å². The molecule has 0 saturated carbocycles. The molecule has 3 N–H and O–H groups in total. The first-order valence-corrected chi connectivity index (χ1v) is 11.4. The highest BCUT2D eigenvalue weighted by Gasteiger charge is 2.12. The van der Waals surface area contributed by atoms with Gasteiger partial charge in [-0.1, -0.05) is 39.0 Å². The van der Waals surface area contributed by atoms with E-state index >= 15 is 0 Å². The Bertz CT molecular complexity index is 982. The molecule has 2 aromatic rings. The zero-order valence-electron chi connectivity index (χ0n) is 18.6. The van der Waals surface area contributed by atoms with Gasteiger partial charge in [-0.2, -0.15) is 0 Å². The maximum absolute atomic E-state index is 12.1. The predicted molar refractivity (Wildman–Crippen MR) is 132 cm³/mol. The van der Waals surface area contributed by atoms with Crippen molar-refractivity contribution in [1.82, 2.24) is 16.2 Å². The van der Waals surface area contributed by atoms with Gasteiger partial charge in [-0.25, -0.2) is 0 Å². The summed E-state index contributed by atoms with van der Waals surface area (Å²) in [6.07, 6.45) is 0.903. The summed E-state index contributed by atoms with van der Waals surface area (Å²) in [6, 6.07) is 11.6. The van der Waals surface area contributed by atoms with Gasteiger partial charge in [0, 0.05) is 0 Å². The van der Waals surface area contributed by atoms with Crippen molar-refractivity contribution in [2.45, 2.75) is 40.0 Å². The standard InChI is InChI=1S/C23H28BrN3O4S/c1-5-16-7-9-19(18(24)11-16)30-12-21(28)25-23(32)27-26-22(29)13-31-20-10-15(4)6-8-17(20)14(2)3/h6-11,14H,5,12-13H2,1-4H3,(H,26,29)(H2,25,27,28,32). The third-order valence-electron chi connectivity index (χ3n) is 4.48. The quantitative estimate of drug-likeness (QED) is 0.360. The third kappa shape index (κ3) is 8.12. The zero-order valence-corrected chi connectivity index (χ0v) is 21.0. The molecule has 0 atom stereocenters. The van der Waals surface area contributed by atoms with Gasteiger partial charge < -0.3 is 9.47 Å². The monoisotopic (exact) mass is 521 g/mol. The summed E-state index contributed by atoms with van der Waals surface area (Å²) in [5.41, 5.74) is 8.10. The van der Waals surface area contributed by atoms with Gasteiger partial charge in [0.25, 0.3) is 11.8 Å². The molecule has 7 nitrogen and oxygen atoms in total. The van der Waals surface area contributed by atoms with Gasteiger partial charge in [-0.15, -0.1) is 0 Å². The fraction of sp³-hybridized carbons (Fsp3) is 0.348. The molecule has 0 heterocycles. The number of carbonyl (C=O) groups excluding carboxylic acids is 2. The molecule has 172 valence electrons. The third-order valence-corrected chi connectivity index (χ3v) is 5.31. The Labute approximate surface area is 202 Å². The molecule has 0 aliphatic rings. The summed E-state index contributed by atoms with van der Waals surface area (Å²) in [4.78, 5) is 24.1. The topological polar surface area (TPSA) is 88.7 Å². The van der Waals surface area contributed by atoms with Gasteiger partial charge in [0.05, 0.1) is 4.47 Å². The van der Waals surface area contributed by atoms with Crippen molar-refractivity contribution < 1.29 is 19.1 Å². The van der Waals surface area contributed by atoms with E-state index < -0.39 is 11.8 Å². The Kier molecular flexibility index (Phi) is 9.93. The van der Waals surface area contributed by atoms with Crippen molar-refractivity contribution in [3.05, 3.63) is 57.6 Å². The fourth-order valence-corrected chi connectivity index (χ4v) is 3.47. The molecule has 32 heavy (non-hydrogen) atoms. The zero-order chi connectivity index (χ0) is 23.7. The lowest BCUT2D eigenvalue weighted by Gasteiger charge is -2.15. The summed E-state index contributed by atoms with van der Waals surface area (Å²) < 4.78 is 11.9. The van der Waals surface area contributed by atoms with Crippen LogP contribution < -0.4 is 25.6 Å². The molecule has 0 aliphatic heterocycles. The van der Waals surface area contributed by atoms with Crippen molar-refractivity contribution in [1.29, 1.82) is 0 Å². The molecule has 0 bridgehead atoms. The average molecular weight is 522 g/mol. The largest absolute Gasteiger partial charge is 0.483 e. The van der Waals surface area contributed by atoms with Crippen LogP contribution in [0.15, 0.2) is 40.9 Å². The average Bonchev–Trinajstić information content (AvgIpc) is 2.75. The summed E-state index contributed by atoms with van der Waals surface area (Å²) in [6.45, 7) is 7.71. The fourth-order valence-electron chi connectivity index (χ4n) is 2.77. The first kappa shape index (κ1) is 25.6. The SMILES string of the molecule is CCc1ccc(OCC(=O)NC(=S)NNC(=O)COc2cc(C)ccc2C(C)C)c(Br)c1. The lowest BCUT2D eigenvalue weighted by atomic mass is 10.0. The number of hydrogen-bond acceptors (Lipinski definition) is 5. The minimum absolute atomic E-state index is 0.0502. The van der Waals surface area contributed by atoms with Crippen molar-refractivity contribution >= 4 is 45.1 Å². The van der Waals surface area contributed by atoms with Crippen LogP contribution in [-0.4, -0.2) is 30.1 Å². The number of hydrazine groups is 1. The molecule has 0 aromatic heterocycles. The van der Waals surface area contributed by atoms with E-state index in [0.29, 0.717) is 11.5 Å². The van der Waals surface area contributed by atoms with Crippen LogP contribution in [0.2, 0.25) is 0 Å². The minimum atomic E-state index is -0.458. The Balaban J connectivity index is 1.74. The van der Waals surface area contributed by atoms with Crippen molar-refractivity contribution in [2.24, 2.45) is 0 Å². The van der Waals surface area contributed by atoms with Gasteiger partial charge in [0.2, 0.25) is 0 Å². The number of hydrogen-bond donors (Lipinski definition) is 3. The molecule has 9 heteroatoms. The first-order chi connectivity index (χ1) is 15.2. The second kappa shape index (κ2) is 12.4. The van der Waals surface area contributed by atoms with E-state index in [9.17, 15) is 9.59 Å². The van der Waals surface area contributed by atoms with E-state index in [1.54, 1.807) is 6.07 Å². The molecule has 0 fully saturated rings. The Morgan fingerprint density at radius 3 is 2.34 bits per heavy atom. The number of amides is 2. The second-order valence-electron chi connectivity index (χ2n) is 7.44. The maximum Gasteiger partial charge on any atom is 0.276 e. The summed E-state index contributed by atoms with van der Waals surface area (Å²) in [5, 5.41) is 2.39. The van der Waals surface area contributed by atoms with Crippen molar-refractivity contribution in [3.8, 4) is 11.5 Å². The van der Waals surface area contributed by atoms with Crippen LogP contribution in [-0.2, 0) is 16.0 Å². The van der Waals surface area contributed by atoms with Gasteiger partial charge in [0.1, 0.15) is 11.5 Å². The molecule has 0 spiro atoms. The molecule has 0 saturated heterocycles. The summed E-state index contributed by atoms with van der Waals surface area (Å²) in [5.74, 6) is 0.594. The molecular formula is C23H28BrN3O4S. The van der Waals surface area contributed by atoms with Crippen LogP contribution in [0.4, 0.5) is 0 Å². The highest BCUT2D eigenvalue weighted by molar-refractivity contribution is 9.10. The number of carbonyl (C=O) groups is 2. The Morgan fingerprint density at radius 2 is 1.69 bits per heavy atom. The lowest BCUT2D eigenvalue weighted by Crippen LogP contribution is -2.50. The summed E-state index contributed by atoms with van der Waals surface area (Å²) in [7, 11) is 0.